The van der Waals surface area contributed by atoms with Crippen molar-refractivity contribution >= 4 is 11.7 Å². The Morgan fingerprint density at radius 1 is 1.09 bits per heavy atom. The molecular formula is C18H27NO3. The van der Waals surface area contributed by atoms with Crippen molar-refractivity contribution in [1.82, 2.24) is 5.32 Å². The van der Waals surface area contributed by atoms with Gasteiger partial charge in [0.15, 0.2) is 5.78 Å². The lowest BCUT2D eigenvalue weighted by molar-refractivity contribution is 0.0892. The van der Waals surface area contributed by atoms with Crippen LogP contribution in [-0.2, 0) is 0 Å². The lowest BCUT2D eigenvalue weighted by Crippen LogP contribution is -2.44. The fraction of sp³-hybridized carbons (Fsp3) is 0.556. The molecule has 0 aliphatic carbocycles. The van der Waals surface area contributed by atoms with E-state index >= 15 is 0 Å². The van der Waals surface area contributed by atoms with Gasteiger partial charge in [0, 0.05) is 29.2 Å². The molecule has 2 N–H and O–H groups in total. The summed E-state index contributed by atoms with van der Waals surface area (Å²) >= 11 is 0. The van der Waals surface area contributed by atoms with E-state index in [-0.39, 0.29) is 24.2 Å². The molecule has 1 amide bonds. The minimum Gasteiger partial charge on any atom is -0.396 e. The lowest BCUT2D eigenvalue weighted by Gasteiger charge is -2.25. The fourth-order valence-electron chi connectivity index (χ4n) is 2.40. The fourth-order valence-corrected chi connectivity index (χ4v) is 2.40. The molecule has 0 atom stereocenters. The maximum absolute atomic E-state index is 12.3. The number of aliphatic hydroxyl groups is 1. The van der Waals surface area contributed by atoms with Crippen LogP contribution >= 0.6 is 0 Å². The van der Waals surface area contributed by atoms with Crippen molar-refractivity contribution in [1.29, 1.82) is 0 Å². The zero-order valence-electron chi connectivity index (χ0n) is 14.0. The van der Waals surface area contributed by atoms with E-state index < -0.39 is 5.54 Å². The number of amides is 1. The second-order valence-corrected chi connectivity index (χ2v) is 6.27. The minimum atomic E-state index is -0.462. The topological polar surface area (TPSA) is 66.4 Å². The largest absolute Gasteiger partial charge is 0.396 e. The molecule has 0 aliphatic rings. The summed E-state index contributed by atoms with van der Waals surface area (Å²) in [5.41, 5.74) is 0.711. The number of hydrogen-bond acceptors (Lipinski definition) is 3. The summed E-state index contributed by atoms with van der Waals surface area (Å²) in [7, 11) is 0. The SMILES string of the molecule is CCC(CC)C(=O)c1ccc(C(=O)NC(C)(C)CCO)cc1. The molecule has 22 heavy (non-hydrogen) atoms. The van der Waals surface area contributed by atoms with Crippen LogP contribution in [0.2, 0.25) is 0 Å². The highest BCUT2D eigenvalue weighted by atomic mass is 16.3. The van der Waals surface area contributed by atoms with E-state index in [2.05, 4.69) is 5.32 Å². The Labute approximate surface area is 132 Å². The summed E-state index contributed by atoms with van der Waals surface area (Å²) in [4.78, 5) is 24.5. The van der Waals surface area contributed by atoms with Crippen LogP contribution in [0.25, 0.3) is 0 Å². The van der Waals surface area contributed by atoms with E-state index in [1.54, 1.807) is 24.3 Å². The number of Topliss-reactive ketones (excluding diaryl/α,β-unsaturated/α-hetero) is 1. The number of carbonyl (C=O) groups excluding carboxylic acids is 2. The van der Waals surface area contributed by atoms with E-state index in [4.69, 9.17) is 5.11 Å². The maximum Gasteiger partial charge on any atom is 0.251 e. The first-order valence-electron chi connectivity index (χ1n) is 7.92. The summed E-state index contributed by atoms with van der Waals surface area (Å²) in [6.07, 6.45) is 2.14. The van der Waals surface area contributed by atoms with E-state index in [9.17, 15) is 9.59 Å². The van der Waals surface area contributed by atoms with E-state index in [0.29, 0.717) is 17.5 Å². The molecule has 0 unspecified atom stereocenters. The van der Waals surface area contributed by atoms with Crippen LogP contribution in [-0.4, -0.2) is 28.9 Å². The van der Waals surface area contributed by atoms with Gasteiger partial charge >= 0.3 is 0 Å². The molecule has 0 saturated heterocycles. The van der Waals surface area contributed by atoms with Crippen molar-refractivity contribution < 1.29 is 14.7 Å². The number of ketones is 1. The number of benzene rings is 1. The van der Waals surface area contributed by atoms with Crippen LogP contribution in [0.3, 0.4) is 0 Å². The van der Waals surface area contributed by atoms with Crippen LogP contribution < -0.4 is 5.32 Å². The summed E-state index contributed by atoms with van der Waals surface area (Å²) in [6, 6.07) is 6.79. The third kappa shape index (κ3) is 4.95. The number of hydrogen-bond donors (Lipinski definition) is 2. The summed E-state index contributed by atoms with van der Waals surface area (Å²) in [5, 5.41) is 11.9. The van der Waals surface area contributed by atoms with Gasteiger partial charge in [0.25, 0.3) is 5.91 Å². The van der Waals surface area contributed by atoms with Gasteiger partial charge in [-0.3, -0.25) is 9.59 Å². The van der Waals surface area contributed by atoms with Crippen LogP contribution in [0.5, 0.6) is 0 Å². The van der Waals surface area contributed by atoms with Crippen molar-refractivity contribution in [2.45, 2.75) is 52.5 Å². The lowest BCUT2D eigenvalue weighted by atomic mass is 9.92. The summed E-state index contributed by atoms with van der Waals surface area (Å²) < 4.78 is 0. The predicted molar refractivity (Wildman–Crippen MR) is 88.1 cm³/mol. The smallest absolute Gasteiger partial charge is 0.251 e. The Hall–Kier alpha value is -1.68. The van der Waals surface area contributed by atoms with Crippen LogP contribution in [0.4, 0.5) is 0 Å². The normalized spacial score (nSPS) is 11.5. The molecule has 0 heterocycles. The molecule has 1 rings (SSSR count). The first-order chi connectivity index (χ1) is 10.3. The average molecular weight is 305 g/mol. The molecule has 0 saturated carbocycles. The van der Waals surface area contributed by atoms with E-state index in [0.717, 1.165) is 12.8 Å². The number of nitrogens with one attached hydrogen (secondary N) is 1. The van der Waals surface area contributed by atoms with Gasteiger partial charge in [0.05, 0.1) is 0 Å². The molecule has 0 aromatic heterocycles. The zero-order chi connectivity index (χ0) is 16.8. The van der Waals surface area contributed by atoms with Crippen LogP contribution in [0.1, 0.15) is 67.7 Å². The Bertz CT molecular complexity index is 502. The van der Waals surface area contributed by atoms with Crippen LogP contribution in [0.15, 0.2) is 24.3 Å². The first-order valence-corrected chi connectivity index (χ1v) is 7.92. The Kier molecular flexibility index (Phi) is 6.75. The van der Waals surface area contributed by atoms with Crippen molar-refractivity contribution in [2.75, 3.05) is 6.61 Å². The molecule has 0 fully saturated rings. The Balaban J connectivity index is 2.80. The van der Waals surface area contributed by atoms with Crippen molar-refractivity contribution in [3.63, 3.8) is 0 Å². The molecule has 0 spiro atoms. The molecule has 4 nitrogen and oxygen atoms in total. The number of aliphatic hydroxyl groups excluding tert-OH is 1. The zero-order valence-corrected chi connectivity index (χ0v) is 14.0. The summed E-state index contributed by atoms with van der Waals surface area (Å²) in [5.74, 6) is -0.0132. The monoisotopic (exact) mass is 305 g/mol. The Morgan fingerprint density at radius 2 is 1.59 bits per heavy atom. The molecule has 122 valence electrons. The molecule has 1 aromatic carbocycles. The maximum atomic E-state index is 12.3. The Morgan fingerprint density at radius 3 is 2.05 bits per heavy atom. The van der Waals surface area contributed by atoms with Gasteiger partial charge < -0.3 is 10.4 Å². The highest BCUT2D eigenvalue weighted by Crippen LogP contribution is 2.17. The van der Waals surface area contributed by atoms with Gasteiger partial charge in [-0.05, 0) is 45.2 Å². The highest BCUT2D eigenvalue weighted by molar-refractivity contribution is 6.00. The van der Waals surface area contributed by atoms with Gasteiger partial charge in [-0.25, -0.2) is 0 Å². The average Bonchev–Trinajstić information content (AvgIpc) is 2.48. The molecule has 4 heteroatoms. The second kappa shape index (κ2) is 8.08. The number of rotatable bonds is 8. The first kappa shape index (κ1) is 18.4. The predicted octanol–water partition coefficient (Wildman–Crippen LogP) is 3.20. The van der Waals surface area contributed by atoms with Gasteiger partial charge in [-0.1, -0.05) is 26.0 Å². The molecule has 0 bridgehead atoms. The van der Waals surface area contributed by atoms with Crippen molar-refractivity contribution in [3.8, 4) is 0 Å². The number of carbonyl (C=O) groups is 2. The molecular weight excluding hydrogens is 278 g/mol. The van der Waals surface area contributed by atoms with Crippen molar-refractivity contribution in [2.24, 2.45) is 5.92 Å². The van der Waals surface area contributed by atoms with E-state index in [1.165, 1.54) is 0 Å². The quantitative estimate of drug-likeness (QED) is 0.725. The minimum absolute atomic E-state index is 0.0240. The standard InChI is InChI=1S/C18H27NO3/c1-5-13(6-2)16(21)14-7-9-15(10-8-14)17(22)19-18(3,4)11-12-20/h7-10,13,20H,5-6,11-12H2,1-4H3,(H,19,22). The van der Waals surface area contributed by atoms with Gasteiger partial charge in [-0.2, -0.15) is 0 Å². The third-order valence-electron chi connectivity index (χ3n) is 3.98. The molecule has 0 radical (unpaired) electrons. The van der Waals surface area contributed by atoms with Gasteiger partial charge in [0.2, 0.25) is 0 Å². The van der Waals surface area contributed by atoms with Crippen LogP contribution in [0, 0.1) is 5.92 Å². The highest BCUT2D eigenvalue weighted by Gasteiger charge is 2.21. The second-order valence-electron chi connectivity index (χ2n) is 6.27. The molecule has 1 aromatic rings. The molecule has 0 aliphatic heterocycles. The van der Waals surface area contributed by atoms with E-state index in [1.807, 2.05) is 27.7 Å². The van der Waals surface area contributed by atoms with Crippen molar-refractivity contribution in [3.05, 3.63) is 35.4 Å². The van der Waals surface area contributed by atoms with Gasteiger partial charge in [0.1, 0.15) is 0 Å². The summed E-state index contributed by atoms with van der Waals surface area (Å²) in [6.45, 7) is 7.78. The van der Waals surface area contributed by atoms with Gasteiger partial charge in [-0.15, -0.1) is 0 Å². The third-order valence-corrected chi connectivity index (χ3v) is 3.98.